The van der Waals surface area contributed by atoms with Crippen LogP contribution in [-0.4, -0.2) is 30.2 Å². The van der Waals surface area contributed by atoms with Gasteiger partial charge in [-0.25, -0.2) is 0 Å². The first-order valence-electron chi connectivity index (χ1n) is 5.93. The molecule has 1 heterocycles. The van der Waals surface area contributed by atoms with Crippen molar-refractivity contribution in [1.82, 2.24) is 10.6 Å². The van der Waals surface area contributed by atoms with Crippen molar-refractivity contribution in [3.8, 4) is 0 Å². The van der Waals surface area contributed by atoms with Crippen LogP contribution in [0, 0.1) is 5.92 Å². The molecule has 4 nitrogen and oxygen atoms in total. The second-order valence-electron chi connectivity index (χ2n) is 4.51. The van der Waals surface area contributed by atoms with Gasteiger partial charge in [-0.05, 0) is 12.5 Å². The number of nitrogens with one attached hydrogen (secondary N) is 2. The van der Waals surface area contributed by atoms with E-state index in [1.165, 1.54) is 5.56 Å². The number of aliphatic carboxylic acids is 1. The molecule has 1 aromatic carbocycles. The molecular weight excluding hydrogens is 216 g/mol. The number of benzene rings is 1. The van der Waals surface area contributed by atoms with Crippen molar-refractivity contribution in [1.29, 1.82) is 0 Å². The number of hydrogen-bond donors (Lipinski definition) is 3. The molecule has 1 aliphatic heterocycles. The lowest BCUT2D eigenvalue weighted by molar-refractivity contribution is -0.141. The highest BCUT2D eigenvalue weighted by Crippen LogP contribution is 2.16. The molecule has 3 atom stereocenters. The molecule has 0 saturated carbocycles. The van der Waals surface area contributed by atoms with Crippen molar-refractivity contribution in [3.05, 3.63) is 35.9 Å². The molecule has 1 fully saturated rings. The zero-order valence-electron chi connectivity index (χ0n) is 9.89. The molecule has 0 unspecified atom stereocenters. The van der Waals surface area contributed by atoms with Gasteiger partial charge in [0.05, 0.1) is 5.92 Å². The molecule has 0 aromatic heterocycles. The maximum absolute atomic E-state index is 11.0. The van der Waals surface area contributed by atoms with Gasteiger partial charge in [0, 0.05) is 25.2 Å². The number of carboxylic acid groups (broad SMARTS) is 1. The SMILES string of the molecule is C[C@@H](N[C@@H]1CNC[C@H]1C(=O)O)c1ccccc1. The molecular formula is C13H18N2O2. The van der Waals surface area contributed by atoms with E-state index in [1.54, 1.807) is 0 Å². The Morgan fingerprint density at radius 3 is 2.76 bits per heavy atom. The molecule has 0 spiro atoms. The smallest absolute Gasteiger partial charge is 0.309 e. The Morgan fingerprint density at radius 1 is 1.41 bits per heavy atom. The molecule has 17 heavy (non-hydrogen) atoms. The van der Waals surface area contributed by atoms with Gasteiger partial charge in [-0.2, -0.15) is 0 Å². The third-order valence-electron chi connectivity index (χ3n) is 3.30. The minimum atomic E-state index is -0.729. The maximum Gasteiger partial charge on any atom is 0.309 e. The first kappa shape index (κ1) is 12.1. The standard InChI is InChI=1S/C13H18N2O2/c1-9(10-5-3-2-4-6-10)15-12-8-14-7-11(12)13(16)17/h2-6,9,11-12,14-15H,7-8H2,1H3,(H,16,17)/t9-,11-,12-/m1/s1. The Bertz CT molecular complexity index is 380. The van der Waals surface area contributed by atoms with Crippen LogP contribution in [0.5, 0.6) is 0 Å². The molecule has 1 aliphatic rings. The molecule has 0 amide bonds. The van der Waals surface area contributed by atoms with E-state index >= 15 is 0 Å². The normalized spacial score (nSPS) is 25.7. The quantitative estimate of drug-likeness (QED) is 0.727. The van der Waals surface area contributed by atoms with Crippen molar-refractivity contribution >= 4 is 5.97 Å². The van der Waals surface area contributed by atoms with E-state index in [4.69, 9.17) is 5.11 Å². The monoisotopic (exact) mass is 234 g/mol. The zero-order chi connectivity index (χ0) is 12.3. The molecule has 2 rings (SSSR count). The number of rotatable bonds is 4. The van der Waals surface area contributed by atoms with Crippen molar-refractivity contribution in [3.63, 3.8) is 0 Å². The summed E-state index contributed by atoms with van der Waals surface area (Å²) < 4.78 is 0. The van der Waals surface area contributed by atoms with Crippen molar-refractivity contribution in [2.24, 2.45) is 5.92 Å². The van der Waals surface area contributed by atoms with Crippen LogP contribution in [0.1, 0.15) is 18.5 Å². The second kappa shape index (κ2) is 5.29. The largest absolute Gasteiger partial charge is 0.481 e. The molecule has 0 aliphatic carbocycles. The molecule has 1 saturated heterocycles. The zero-order valence-corrected chi connectivity index (χ0v) is 9.89. The lowest BCUT2D eigenvalue weighted by Crippen LogP contribution is -2.40. The number of carboxylic acids is 1. The first-order chi connectivity index (χ1) is 8.18. The van der Waals surface area contributed by atoms with Gasteiger partial charge < -0.3 is 15.7 Å². The highest BCUT2D eigenvalue weighted by Gasteiger charge is 2.33. The van der Waals surface area contributed by atoms with Gasteiger partial charge in [0.25, 0.3) is 0 Å². The lowest BCUT2D eigenvalue weighted by atomic mass is 10.0. The topological polar surface area (TPSA) is 61.4 Å². The lowest BCUT2D eigenvalue weighted by Gasteiger charge is -2.22. The van der Waals surface area contributed by atoms with Crippen LogP contribution in [0.2, 0.25) is 0 Å². The van der Waals surface area contributed by atoms with E-state index in [2.05, 4.69) is 29.7 Å². The summed E-state index contributed by atoms with van der Waals surface area (Å²) in [4.78, 5) is 11.0. The summed E-state index contributed by atoms with van der Waals surface area (Å²) in [7, 11) is 0. The summed E-state index contributed by atoms with van der Waals surface area (Å²) in [6.07, 6.45) is 0. The summed E-state index contributed by atoms with van der Waals surface area (Å²) in [6.45, 7) is 3.33. The van der Waals surface area contributed by atoms with Crippen LogP contribution in [0.15, 0.2) is 30.3 Å². The molecule has 4 heteroatoms. The van der Waals surface area contributed by atoms with Gasteiger partial charge in [0.2, 0.25) is 0 Å². The fraction of sp³-hybridized carbons (Fsp3) is 0.462. The number of carbonyl (C=O) groups is 1. The van der Waals surface area contributed by atoms with Gasteiger partial charge in [0.1, 0.15) is 0 Å². The van der Waals surface area contributed by atoms with Crippen LogP contribution >= 0.6 is 0 Å². The molecule has 0 radical (unpaired) electrons. The highest BCUT2D eigenvalue weighted by atomic mass is 16.4. The van der Waals surface area contributed by atoms with E-state index < -0.39 is 5.97 Å². The summed E-state index contributed by atoms with van der Waals surface area (Å²) in [5, 5.41) is 15.6. The Morgan fingerprint density at radius 2 is 2.12 bits per heavy atom. The fourth-order valence-corrected chi connectivity index (χ4v) is 2.27. The fourth-order valence-electron chi connectivity index (χ4n) is 2.27. The highest BCUT2D eigenvalue weighted by molar-refractivity contribution is 5.71. The summed E-state index contributed by atoms with van der Waals surface area (Å²) >= 11 is 0. The van der Waals surface area contributed by atoms with E-state index in [0.717, 1.165) is 0 Å². The molecule has 1 aromatic rings. The van der Waals surface area contributed by atoms with E-state index in [1.807, 2.05) is 18.2 Å². The first-order valence-corrected chi connectivity index (χ1v) is 5.93. The average molecular weight is 234 g/mol. The summed E-state index contributed by atoms with van der Waals surface area (Å²) in [5.41, 5.74) is 1.18. The maximum atomic E-state index is 11.0. The Labute approximate surface area is 101 Å². The average Bonchev–Trinajstić information content (AvgIpc) is 2.78. The second-order valence-corrected chi connectivity index (χ2v) is 4.51. The predicted molar refractivity (Wildman–Crippen MR) is 65.8 cm³/mol. The third-order valence-corrected chi connectivity index (χ3v) is 3.30. The summed E-state index contributed by atoms with van der Waals surface area (Å²) in [5.74, 6) is -1.06. The van der Waals surface area contributed by atoms with E-state index in [0.29, 0.717) is 13.1 Å². The van der Waals surface area contributed by atoms with Crippen LogP contribution in [0.3, 0.4) is 0 Å². The van der Waals surface area contributed by atoms with Gasteiger partial charge in [-0.15, -0.1) is 0 Å². The van der Waals surface area contributed by atoms with Crippen LogP contribution < -0.4 is 10.6 Å². The van der Waals surface area contributed by atoms with E-state index in [-0.39, 0.29) is 18.0 Å². The van der Waals surface area contributed by atoms with Crippen molar-refractivity contribution in [2.75, 3.05) is 13.1 Å². The Balaban J connectivity index is 1.99. The van der Waals surface area contributed by atoms with Gasteiger partial charge >= 0.3 is 5.97 Å². The van der Waals surface area contributed by atoms with Gasteiger partial charge in [0.15, 0.2) is 0 Å². The van der Waals surface area contributed by atoms with Gasteiger partial charge in [-0.3, -0.25) is 4.79 Å². The Hall–Kier alpha value is -1.39. The molecule has 0 bridgehead atoms. The molecule has 3 N–H and O–H groups in total. The third kappa shape index (κ3) is 2.84. The molecule has 92 valence electrons. The Kier molecular flexibility index (Phi) is 3.76. The van der Waals surface area contributed by atoms with Crippen LogP contribution in [0.25, 0.3) is 0 Å². The summed E-state index contributed by atoms with van der Waals surface area (Å²) in [6, 6.07) is 10.2. The van der Waals surface area contributed by atoms with Crippen molar-refractivity contribution < 1.29 is 9.90 Å². The minimum absolute atomic E-state index is 0.00251. The van der Waals surface area contributed by atoms with E-state index in [9.17, 15) is 4.79 Å². The van der Waals surface area contributed by atoms with Crippen LogP contribution in [-0.2, 0) is 4.79 Å². The van der Waals surface area contributed by atoms with Crippen molar-refractivity contribution in [2.45, 2.75) is 19.0 Å². The number of hydrogen-bond acceptors (Lipinski definition) is 3. The van der Waals surface area contributed by atoms with Crippen LogP contribution in [0.4, 0.5) is 0 Å². The minimum Gasteiger partial charge on any atom is -0.481 e. The van der Waals surface area contributed by atoms with Gasteiger partial charge in [-0.1, -0.05) is 30.3 Å². The predicted octanol–water partition coefficient (Wildman–Crippen LogP) is 1.01.